The van der Waals surface area contributed by atoms with E-state index in [1.54, 1.807) is 0 Å². The summed E-state index contributed by atoms with van der Waals surface area (Å²) in [6.45, 7) is 2.33. The molecule has 1 aromatic carbocycles. The number of hydrogen-bond acceptors (Lipinski definition) is 0. The van der Waals surface area contributed by atoms with Gasteiger partial charge in [0.05, 0.1) is 6.61 Å². The predicted octanol–water partition coefficient (Wildman–Crippen LogP) is 4.95. The number of rotatable bonds is 10. The zero-order valence-electron chi connectivity index (χ0n) is 11.8. The average Bonchev–Trinajstić information content (AvgIpc) is 2.40. The third kappa shape index (κ3) is 6.80. The third-order valence-corrected chi connectivity index (χ3v) is 3.42. The molecule has 0 N–H and O–H groups in total. The highest BCUT2D eigenvalue weighted by atomic mass is 16.2. The average molecular weight is 247 g/mol. The van der Waals surface area contributed by atoms with E-state index in [9.17, 15) is 5.11 Å². The molecule has 0 amide bonds. The third-order valence-electron chi connectivity index (χ3n) is 3.42. The molecule has 0 fully saturated rings. The highest BCUT2D eigenvalue weighted by Gasteiger charge is 1.97. The Morgan fingerprint density at radius 1 is 0.833 bits per heavy atom. The number of hydrogen-bond donors (Lipinski definition) is 0. The van der Waals surface area contributed by atoms with E-state index in [4.69, 9.17) is 0 Å². The summed E-state index contributed by atoms with van der Waals surface area (Å²) in [7, 11) is 0. The fourth-order valence-electron chi connectivity index (χ4n) is 2.30. The van der Waals surface area contributed by atoms with Crippen LogP contribution in [0.4, 0.5) is 0 Å². The smallest absolute Gasteiger partial charge is 0.0822 e. The molecule has 1 nitrogen and oxygen atoms in total. The molecule has 1 aromatic rings. The van der Waals surface area contributed by atoms with Crippen molar-refractivity contribution in [2.24, 2.45) is 0 Å². The molecule has 1 heteroatoms. The van der Waals surface area contributed by atoms with Crippen LogP contribution in [0, 0.1) is 0 Å². The van der Waals surface area contributed by atoms with Crippen LogP contribution in [0.3, 0.4) is 0 Å². The Labute approximate surface area is 112 Å². The van der Waals surface area contributed by atoms with Crippen molar-refractivity contribution in [3.63, 3.8) is 0 Å². The summed E-state index contributed by atoms with van der Waals surface area (Å²) in [6.07, 6.45) is 10.7. The zero-order valence-corrected chi connectivity index (χ0v) is 11.8. The van der Waals surface area contributed by atoms with Gasteiger partial charge in [-0.05, 0) is 43.2 Å². The molecule has 18 heavy (non-hydrogen) atoms. The van der Waals surface area contributed by atoms with Crippen LogP contribution in [-0.2, 0) is 17.9 Å². The van der Waals surface area contributed by atoms with Gasteiger partial charge < -0.3 is 0 Å². The van der Waals surface area contributed by atoms with Crippen molar-refractivity contribution in [2.75, 3.05) is 6.61 Å². The molecule has 0 saturated carbocycles. The molecular formula is C17H27O. The minimum atomic E-state index is 0.0808. The van der Waals surface area contributed by atoms with Crippen LogP contribution < -0.4 is 0 Å². The topological polar surface area (TPSA) is 19.9 Å². The maximum absolute atomic E-state index is 10.4. The molecule has 0 heterocycles. The van der Waals surface area contributed by atoms with Gasteiger partial charge in [0.15, 0.2) is 0 Å². The van der Waals surface area contributed by atoms with Gasteiger partial charge >= 0.3 is 0 Å². The van der Waals surface area contributed by atoms with Gasteiger partial charge in [-0.3, -0.25) is 0 Å². The number of aryl methyl sites for hydroxylation is 2. The van der Waals surface area contributed by atoms with Crippen LogP contribution in [0.2, 0.25) is 0 Å². The maximum atomic E-state index is 10.4. The lowest BCUT2D eigenvalue weighted by Crippen LogP contribution is -1.91. The van der Waals surface area contributed by atoms with Gasteiger partial charge in [-0.2, -0.15) is 0 Å². The van der Waals surface area contributed by atoms with Crippen molar-refractivity contribution in [1.82, 2.24) is 0 Å². The molecule has 0 aliphatic rings. The SMILES string of the molecule is CCCCCCc1cccc(CCCCC[O])c1. The Balaban J connectivity index is 2.27. The van der Waals surface area contributed by atoms with Crippen LogP contribution in [0.1, 0.15) is 63.0 Å². The van der Waals surface area contributed by atoms with E-state index in [0.717, 1.165) is 25.7 Å². The van der Waals surface area contributed by atoms with Gasteiger partial charge in [-0.15, -0.1) is 0 Å². The minimum absolute atomic E-state index is 0.0808. The molecule has 1 rings (SSSR count). The molecule has 0 spiro atoms. The van der Waals surface area contributed by atoms with E-state index in [0.29, 0.717) is 0 Å². The Morgan fingerprint density at radius 2 is 1.44 bits per heavy atom. The molecule has 0 aromatic heterocycles. The van der Waals surface area contributed by atoms with Gasteiger partial charge in [0, 0.05) is 0 Å². The first-order chi connectivity index (χ1) is 8.86. The van der Waals surface area contributed by atoms with Crippen molar-refractivity contribution in [2.45, 2.75) is 64.7 Å². The second-order valence-corrected chi connectivity index (χ2v) is 5.15. The normalized spacial score (nSPS) is 10.8. The van der Waals surface area contributed by atoms with Crippen molar-refractivity contribution in [3.8, 4) is 0 Å². The number of unbranched alkanes of at least 4 members (excludes halogenated alkanes) is 5. The van der Waals surface area contributed by atoms with E-state index in [-0.39, 0.29) is 6.61 Å². The van der Waals surface area contributed by atoms with E-state index < -0.39 is 0 Å². The Morgan fingerprint density at radius 3 is 2.00 bits per heavy atom. The predicted molar refractivity (Wildman–Crippen MR) is 77.4 cm³/mol. The second-order valence-electron chi connectivity index (χ2n) is 5.15. The Kier molecular flexibility index (Phi) is 8.58. The monoisotopic (exact) mass is 247 g/mol. The zero-order chi connectivity index (χ0) is 13.1. The highest BCUT2D eigenvalue weighted by Crippen LogP contribution is 2.12. The molecular weight excluding hydrogens is 220 g/mol. The van der Waals surface area contributed by atoms with Crippen LogP contribution in [0.25, 0.3) is 0 Å². The van der Waals surface area contributed by atoms with Crippen LogP contribution in [-0.4, -0.2) is 6.61 Å². The number of benzene rings is 1. The molecule has 101 valence electrons. The van der Waals surface area contributed by atoms with Crippen molar-refractivity contribution in [1.29, 1.82) is 0 Å². The molecule has 0 atom stereocenters. The lowest BCUT2D eigenvalue weighted by atomic mass is 10.0. The van der Waals surface area contributed by atoms with Crippen molar-refractivity contribution in [3.05, 3.63) is 35.4 Å². The summed E-state index contributed by atoms with van der Waals surface area (Å²) >= 11 is 0. The van der Waals surface area contributed by atoms with Gasteiger partial charge in [0.25, 0.3) is 0 Å². The van der Waals surface area contributed by atoms with Crippen molar-refractivity contribution >= 4 is 0 Å². The summed E-state index contributed by atoms with van der Waals surface area (Å²) < 4.78 is 0. The summed E-state index contributed by atoms with van der Waals surface area (Å²) in [5, 5.41) is 10.4. The summed E-state index contributed by atoms with van der Waals surface area (Å²) in [5.74, 6) is 0. The summed E-state index contributed by atoms with van der Waals surface area (Å²) in [5.41, 5.74) is 2.92. The highest BCUT2D eigenvalue weighted by molar-refractivity contribution is 5.23. The van der Waals surface area contributed by atoms with Crippen molar-refractivity contribution < 1.29 is 5.11 Å². The largest absolute Gasteiger partial charge is 0.237 e. The quantitative estimate of drug-likeness (QED) is 0.521. The van der Waals surface area contributed by atoms with E-state index >= 15 is 0 Å². The molecule has 0 unspecified atom stereocenters. The van der Waals surface area contributed by atoms with E-state index in [1.807, 2.05) is 0 Å². The van der Waals surface area contributed by atoms with Gasteiger partial charge in [-0.25, -0.2) is 5.11 Å². The first-order valence-corrected chi connectivity index (χ1v) is 7.52. The van der Waals surface area contributed by atoms with E-state index in [1.165, 1.54) is 43.2 Å². The maximum Gasteiger partial charge on any atom is 0.0822 e. The Bertz CT molecular complexity index is 279. The molecule has 0 bridgehead atoms. The fourth-order valence-corrected chi connectivity index (χ4v) is 2.30. The summed E-state index contributed by atoms with van der Waals surface area (Å²) in [4.78, 5) is 0. The first kappa shape index (κ1) is 15.2. The lowest BCUT2D eigenvalue weighted by Gasteiger charge is -2.05. The van der Waals surface area contributed by atoms with Gasteiger partial charge in [0.1, 0.15) is 0 Å². The molecule has 1 radical (unpaired) electrons. The second kappa shape index (κ2) is 10.1. The van der Waals surface area contributed by atoms with Crippen LogP contribution in [0.15, 0.2) is 24.3 Å². The minimum Gasteiger partial charge on any atom is -0.237 e. The Hall–Kier alpha value is -0.820. The first-order valence-electron chi connectivity index (χ1n) is 7.52. The lowest BCUT2D eigenvalue weighted by molar-refractivity contribution is 0.186. The standard InChI is InChI=1S/C17H27O/c1-2-3-4-6-10-16-12-9-13-17(15-16)11-7-5-8-14-18/h9,12-13,15H,2-8,10-11,14H2,1H3. The molecule has 0 aliphatic carbocycles. The molecule has 0 saturated heterocycles. The van der Waals surface area contributed by atoms with Crippen LogP contribution >= 0.6 is 0 Å². The summed E-state index contributed by atoms with van der Waals surface area (Å²) in [6, 6.07) is 8.99. The van der Waals surface area contributed by atoms with E-state index in [2.05, 4.69) is 31.2 Å². The molecule has 0 aliphatic heterocycles. The van der Waals surface area contributed by atoms with Crippen LogP contribution in [0.5, 0.6) is 0 Å². The van der Waals surface area contributed by atoms with Gasteiger partial charge in [-0.1, -0.05) is 56.9 Å². The fraction of sp³-hybridized carbons (Fsp3) is 0.647. The van der Waals surface area contributed by atoms with Gasteiger partial charge in [0.2, 0.25) is 0 Å².